The summed E-state index contributed by atoms with van der Waals surface area (Å²) in [6.07, 6.45) is 1.13. The van der Waals surface area contributed by atoms with Crippen LogP contribution in [0.2, 0.25) is 0 Å². The molecule has 1 aromatic heterocycles. The molecule has 0 radical (unpaired) electrons. The van der Waals surface area contributed by atoms with Crippen LogP contribution in [-0.4, -0.2) is 47.9 Å². The molecule has 0 saturated carbocycles. The number of ether oxygens (including phenoxy) is 1. The van der Waals surface area contributed by atoms with Crippen LogP contribution in [0.5, 0.6) is 0 Å². The minimum Gasteiger partial charge on any atom is -0.378 e. The quantitative estimate of drug-likeness (QED) is 0.822. The molecule has 1 aliphatic heterocycles. The zero-order chi connectivity index (χ0) is 15.0. The first-order chi connectivity index (χ1) is 10.1. The van der Waals surface area contributed by atoms with Crippen molar-refractivity contribution in [1.29, 1.82) is 0 Å². The lowest BCUT2D eigenvalue weighted by Crippen LogP contribution is -2.43. The molecule has 1 atom stereocenters. The van der Waals surface area contributed by atoms with Crippen LogP contribution < -0.4 is 5.56 Å². The first kappa shape index (κ1) is 14.0. The van der Waals surface area contributed by atoms with Gasteiger partial charge in [-0.3, -0.25) is 14.4 Å². The van der Waals surface area contributed by atoms with Crippen molar-refractivity contribution in [2.75, 3.05) is 26.3 Å². The molecule has 1 aliphatic carbocycles. The number of aromatic nitrogens is 1. The number of carbonyl (C=O) groups is 2. The van der Waals surface area contributed by atoms with Gasteiger partial charge in [-0.25, -0.2) is 0 Å². The number of fused-ring (bicyclic) bond motifs is 1. The number of nitrogens with one attached hydrogen (secondary N) is 1. The first-order valence-electron chi connectivity index (χ1n) is 7.22. The second-order valence-electron chi connectivity index (χ2n) is 5.75. The van der Waals surface area contributed by atoms with Crippen molar-refractivity contribution in [3.8, 4) is 0 Å². The Labute approximate surface area is 122 Å². The highest BCUT2D eigenvalue weighted by molar-refractivity contribution is 6.01. The molecule has 1 amide bonds. The van der Waals surface area contributed by atoms with Gasteiger partial charge in [0, 0.05) is 30.8 Å². The summed E-state index contributed by atoms with van der Waals surface area (Å²) in [5.74, 6) is -0.105. The maximum absolute atomic E-state index is 12.4. The molecule has 0 unspecified atom stereocenters. The number of nitrogens with zero attached hydrogens (tertiary/aromatic N) is 1. The van der Waals surface area contributed by atoms with Gasteiger partial charge in [0.05, 0.1) is 13.2 Å². The summed E-state index contributed by atoms with van der Waals surface area (Å²) >= 11 is 0. The van der Waals surface area contributed by atoms with Gasteiger partial charge in [0.15, 0.2) is 5.78 Å². The fourth-order valence-corrected chi connectivity index (χ4v) is 2.92. The number of rotatable bonds is 1. The van der Waals surface area contributed by atoms with Crippen LogP contribution in [0, 0.1) is 5.92 Å². The topological polar surface area (TPSA) is 79.5 Å². The van der Waals surface area contributed by atoms with E-state index in [4.69, 9.17) is 4.74 Å². The molecule has 2 aliphatic rings. The molecular formula is C15H18N2O4. The lowest BCUT2D eigenvalue weighted by atomic mass is 9.86. The van der Waals surface area contributed by atoms with E-state index < -0.39 is 5.56 Å². The number of morpholine rings is 1. The number of carbonyl (C=O) groups excluding carboxylic acids is 2. The standard InChI is InChI=1S/C15H18N2O4/c1-9-6-12-10(13(18)7-9)8-11(14(19)16-12)15(20)17-2-4-21-5-3-17/h8-9H,2-7H2,1H3,(H,16,19)/t9-/m0/s1. The first-order valence-corrected chi connectivity index (χ1v) is 7.22. The van der Waals surface area contributed by atoms with E-state index in [0.29, 0.717) is 50.4 Å². The van der Waals surface area contributed by atoms with Crippen LogP contribution in [-0.2, 0) is 11.2 Å². The molecule has 1 aromatic rings. The van der Waals surface area contributed by atoms with Gasteiger partial charge in [-0.15, -0.1) is 0 Å². The van der Waals surface area contributed by atoms with Crippen molar-refractivity contribution in [2.45, 2.75) is 19.8 Å². The number of Topliss-reactive ketones (excluding diaryl/α,β-unsaturated/α-hetero) is 1. The summed E-state index contributed by atoms with van der Waals surface area (Å²) in [6, 6.07) is 1.47. The molecule has 3 rings (SSSR count). The monoisotopic (exact) mass is 290 g/mol. The van der Waals surface area contributed by atoms with Gasteiger partial charge in [0.2, 0.25) is 0 Å². The van der Waals surface area contributed by atoms with Gasteiger partial charge in [0.25, 0.3) is 11.5 Å². The fourth-order valence-electron chi connectivity index (χ4n) is 2.92. The number of H-pyrrole nitrogens is 1. The van der Waals surface area contributed by atoms with Crippen LogP contribution in [0.1, 0.15) is 39.8 Å². The summed E-state index contributed by atoms with van der Waals surface area (Å²) in [7, 11) is 0. The van der Waals surface area contributed by atoms with Gasteiger partial charge in [-0.05, 0) is 18.4 Å². The van der Waals surface area contributed by atoms with Crippen LogP contribution in [0.25, 0.3) is 0 Å². The van der Waals surface area contributed by atoms with Gasteiger partial charge in [-0.1, -0.05) is 6.92 Å². The van der Waals surface area contributed by atoms with E-state index in [-0.39, 0.29) is 23.2 Å². The van der Waals surface area contributed by atoms with Crippen LogP contribution >= 0.6 is 0 Å². The number of aromatic amines is 1. The van der Waals surface area contributed by atoms with Crippen molar-refractivity contribution >= 4 is 11.7 Å². The number of hydrogen-bond donors (Lipinski definition) is 1. The Hall–Kier alpha value is -1.95. The van der Waals surface area contributed by atoms with Crippen molar-refractivity contribution < 1.29 is 14.3 Å². The summed E-state index contributed by atoms with van der Waals surface area (Å²) in [4.78, 5) is 41.0. The molecule has 0 spiro atoms. The Morgan fingerprint density at radius 3 is 2.71 bits per heavy atom. The molecule has 6 nitrogen and oxygen atoms in total. The van der Waals surface area contributed by atoms with Crippen LogP contribution in [0.3, 0.4) is 0 Å². The number of hydrogen-bond acceptors (Lipinski definition) is 4. The molecule has 0 aromatic carbocycles. The van der Waals surface area contributed by atoms with Crippen LogP contribution in [0.4, 0.5) is 0 Å². The van der Waals surface area contributed by atoms with Gasteiger partial charge < -0.3 is 14.6 Å². The normalized spacial score (nSPS) is 22.0. The van der Waals surface area contributed by atoms with Gasteiger partial charge in [-0.2, -0.15) is 0 Å². The molecule has 6 heteroatoms. The summed E-state index contributed by atoms with van der Waals surface area (Å²) in [6.45, 7) is 3.88. The van der Waals surface area contributed by atoms with E-state index in [2.05, 4.69) is 4.98 Å². The van der Waals surface area contributed by atoms with E-state index in [1.165, 1.54) is 6.07 Å². The summed E-state index contributed by atoms with van der Waals surface area (Å²) < 4.78 is 5.20. The minimum atomic E-state index is -0.410. The molecule has 21 heavy (non-hydrogen) atoms. The molecule has 112 valence electrons. The number of pyridine rings is 1. The van der Waals surface area contributed by atoms with Crippen molar-refractivity contribution in [3.63, 3.8) is 0 Å². The molecule has 1 saturated heterocycles. The SMILES string of the molecule is C[C@@H]1CC(=O)c2cc(C(=O)N3CCOCC3)c(=O)[nH]c2C1. The van der Waals surface area contributed by atoms with E-state index in [1.54, 1.807) is 4.90 Å². The molecule has 1 N–H and O–H groups in total. The van der Waals surface area contributed by atoms with Crippen molar-refractivity contribution in [1.82, 2.24) is 9.88 Å². The van der Waals surface area contributed by atoms with Crippen LogP contribution in [0.15, 0.2) is 10.9 Å². The third-order valence-corrected chi connectivity index (χ3v) is 4.04. The highest BCUT2D eigenvalue weighted by Crippen LogP contribution is 2.23. The Kier molecular flexibility index (Phi) is 3.63. The lowest BCUT2D eigenvalue weighted by Gasteiger charge is -2.27. The smallest absolute Gasteiger partial charge is 0.261 e. The van der Waals surface area contributed by atoms with E-state index >= 15 is 0 Å². The van der Waals surface area contributed by atoms with Crippen molar-refractivity contribution in [2.24, 2.45) is 5.92 Å². The van der Waals surface area contributed by atoms with Gasteiger partial charge in [0.1, 0.15) is 5.56 Å². The average Bonchev–Trinajstić information content (AvgIpc) is 2.46. The third kappa shape index (κ3) is 2.63. The second-order valence-corrected chi connectivity index (χ2v) is 5.75. The molecular weight excluding hydrogens is 272 g/mol. The van der Waals surface area contributed by atoms with E-state index in [0.717, 1.165) is 0 Å². The highest BCUT2D eigenvalue weighted by Gasteiger charge is 2.27. The highest BCUT2D eigenvalue weighted by atomic mass is 16.5. The van der Waals surface area contributed by atoms with Crippen molar-refractivity contribution in [3.05, 3.63) is 33.2 Å². The Balaban J connectivity index is 1.96. The summed E-state index contributed by atoms with van der Waals surface area (Å²) in [5.41, 5.74) is 0.789. The zero-order valence-electron chi connectivity index (χ0n) is 12.0. The van der Waals surface area contributed by atoms with E-state index in [1.807, 2.05) is 6.92 Å². The average molecular weight is 290 g/mol. The second kappa shape index (κ2) is 5.44. The maximum atomic E-state index is 12.4. The molecule has 1 fully saturated rings. The molecule has 0 bridgehead atoms. The van der Waals surface area contributed by atoms with Gasteiger partial charge >= 0.3 is 0 Å². The predicted octanol–water partition coefficient (Wildman–Crippen LogP) is 0.612. The largest absolute Gasteiger partial charge is 0.378 e. The molecule has 2 heterocycles. The fraction of sp³-hybridized carbons (Fsp3) is 0.533. The number of amides is 1. The maximum Gasteiger partial charge on any atom is 0.261 e. The Morgan fingerprint density at radius 1 is 1.29 bits per heavy atom. The zero-order valence-corrected chi connectivity index (χ0v) is 12.0. The third-order valence-electron chi connectivity index (χ3n) is 4.04. The van der Waals surface area contributed by atoms with E-state index in [9.17, 15) is 14.4 Å². The lowest BCUT2D eigenvalue weighted by molar-refractivity contribution is 0.0301. The predicted molar refractivity (Wildman–Crippen MR) is 75.6 cm³/mol. The Morgan fingerprint density at radius 2 is 2.00 bits per heavy atom. The number of ketones is 1. The minimum absolute atomic E-state index is 0.00368. The Bertz CT molecular complexity index is 644. The summed E-state index contributed by atoms with van der Waals surface area (Å²) in [5, 5.41) is 0.